The van der Waals surface area contributed by atoms with E-state index in [0.29, 0.717) is 25.3 Å². The van der Waals surface area contributed by atoms with Crippen molar-refractivity contribution in [1.29, 1.82) is 0 Å². The normalized spacial score (nSPS) is 23.9. The molecule has 2 aliphatic heterocycles. The first-order chi connectivity index (χ1) is 12.5. The van der Waals surface area contributed by atoms with Crippen molar-refractivity contribution in [3.8, 4) is 0 Å². The predicted molar refractivity (Wildman–Crippen MR) is 98.2 cm³/mol. The largest absolute Gasteiger partial charge is 0.342 e. The van der Waals surface area contributed by atoms with E-state index in [-0.39, 0.29) is 17.2 Å². The van der Waals surface area contributed by atoms with Crippen LogP contribution in [0.2, 0.25) is 0 Å². The quantitative estimate of drug-likeness (QED) is 0.776. The van der Waals surface area contributed by atoms with E-state index in [0.717, 1.165) is 51.9 Å². The molecular weight excluding hydrogens is 330 g/mol. The Labute approximate surface area is 155 Å². The van der Waals surface area contributed by atoms with Gasteiger partial charge in [-0.3, -0.25) is 9.59 Å². The lowest BCUT2D eigenvalue weighted by atomic mass is 9.73. The van der Waals surface area contributed by atoms with Crippen LogP contribution in [-0.2, 0) is 16.1 Å². The van der Waals surface area contributed by atoms with Gasteiger partial charge in [0.1, 0.15) is 12.7 Å². The SMILES string of the molecule is CC(C)CCN1C[C@@]2(CCCN(C(=O)CCn3cnnc3)C2)CCC1=O. The van der Waals surface area contributed by atoms with Crippen molar-refractivity contribution >= 4 is 11.8 Å². The lowest BCUT2D eigenvalue weighted by Crippen LogP contribution is -2.55. The number of carbonyl (C=O) groups is 2. The number of likely N-dealkylation sites (tertiary alicyclic amines) is 2. The van der Waals surface area contributed by atoms with E-state index < -0.39 is 0 Å². The number of rotatable bonds is 6. The fourth-order valence-electron chi connectivity index (χ4n) is 4.19. The maximum absolute atomic E-state index is 12.7. The molecule has 0 N–H and O–H groups in total. The molecule has 1 aromatic rings. The van der Waals surface area contributed by atoms with E-state index in [4.69, 9.17) is 0 Å². The molecule has 3 heterocycles. The number of hydrogen-bond acceptors (Lipinski definition) is 4. The average molecular weight is 361 g/mol. The molecule has 2 fully saturated rings. The fourth-order valence-corrected chi connectivity index (χ4v) is 4.19. The summed E-state index contributed by atoms with van der Waals surface area (Å²) in [5.74, 6) is 1.08. The van der Waals surface area contributed by atoms with E-state index in [9.17, 15) is 9.59 Å². The van der Waals surface area contributed by atoms with Crippen molar-refractivity contribution < 1.29 is 9.59 Å². The summed E-state index contributed by atoms with van der Waals surface area (Å²) < 4.78 is 1.84. The molecule has 0 aromatic carbocycles. The first kappa shape index (κ1) is 18.9. The van der Waals surface area contributed by atoms with Gasteiger partial charge in [0.15, 0.2) is 0 Å². The third-order valence-corrected chi connectivity index (χ3v) is 5.79. The number of carbonyl (C=O) groups excluding carboxylic acids is 2. The summed E-state index contributed by atoms with van der Waals surface area (Å²) in [6.45, 7) is 8.30. The highest BCUT2D eigenvalue weighted by molar-refractivity contribution is 5.78. The average Bonchev–Trinajstić information content (AvgIpc) is 3.14. The summed E-state index contributed by atoms with van der Waals surface area (Å²) in [4.78, 5) is 29.1. The van der Waals surface area contributed by atoms with Gasteiger partial charge in [0, 0.05) is 51.0 Å². The molecule has 0 bridgehead atoms. The molecule has 7 nitrogen and oxygen atoms in total. The molecule has 1 aromatic heterocycles. The van der Waals surface area contributed by atoms with Crippen molar-refractivity contribution in [2.75, 3.05) is 26.2 Å². The number of nitrogens with zero attached hydrogens (tertiary/aromatic N) is 5. The molecule has 144 valence electrons. The molecule has 2 aliphatic rings. The molecule has 1 atom stereocenters. The Morgan fingerprint density at radius 2 is 1.96 bits per heavy atom. The highest BCUT2D eigenvalue weighted by atomic mass is 16.2. The summed E-state index contributed by atoms with van der Waals surface area (Å²) in [6, 6.07) is 0. The van der Waals surface area contributed by atoms with Gasteiger partial charge in [0.25, 0.3) is 0 Å². The van der Waals surface area contributed by atoms with E-state index in [2.05, 4.69) is 28.9 Å². The number of piperidine rings is 2. The van der Waals surface area contributed by atoms with Crippen molar-refractivity contribution in [3.63, 3.8) is 0 Å². The molecule has 3 rings (SSSR count). The zero-order valence-corrected chi connectivity index (χ0v) is 16.1. The van der Waals surface area contributed by atoms with Crippen LogP contribution < -0.4 is 0 Å². The van der Waals surface area contributed by atoms with Crippen molar-refractivity contribution in [2.24, 2.45) is 11.3 Å². The number of aryl methyl sites for hydroxylation is 1. The van der Waals surface area contributed by atoms with Crippen molar-refractivity contribution in [2.45, 2.75) is 58.9 Å². The summed E-state index contributed by atoms with van der Waals surface area (Å²) in [5.41, 5.74) is 0.0926. The van der Waals surface area contributed by atoms with E-state index in [1.165, 1.54) is 0 Å². The summed E-state index contributed by atoms with van der Waals surface area (Å²) >= 11 is 0. The van der Waals surface area contributed by atoms with Gasteiger partial charge in [-0.15, -0.1) is 10.2 Å². The van der Waals surface area contributed by atoms with Crippen LogP contribution in [0, 0.1) is 11.3 Å². The Morgan fingerprint density at radius 1 is 1.19 bits per heavy atom. The lowest BCUT2D eigenvalue weighted by Gasteiger charge is -2.48. The third kappa shape index (κ3) is 4.62. The van der Waals surface area contributed by atoms with Gasteiger partial charge < -0.3 is 14.4 Å². The highest BCUT2D eigenvalue weighted by Crippen LogP contribution is 2.39. The number of aromatic nitrogens is 3. The second kappa shape index (κ2) is 8.18. The number of amides is 2. The van der Waals surface area contributed by atoms with E-state index in [1.54, 1.807) is 12.7 Å². The smallest absolute Gasteiger partial charge is 0.224 e. The molecular formula is C19H31N5O2. The standard InChI is InChI=1S/C19H31N5O2/c1-16(2)5-11-24-13-19(8-4-17(24)25)7-3-9-23(12-19)18(26)6-10-22-14-20-21-15-22/h14-16H,3-13H2,1-2H3/t19-/m0/s1. The zero-order chi connectivity index (χ0) is 18.6. The molecule has 0 saturated carbocycles. The van der Waals surface area contributed by atoms with E-state index in [1.807, 2.05) is 9.47 Å². The van der Waals surface area contributed by atoms with Crippen molar-refractivity contribution in [1.82, 2.24) is 24.6 Å². The van der Waals surface area contributed by atoms with Crippen LogP contribution in [0.25, 0.3) is 0 Å². The van der Waals surface area contributed by atoms with Crippen LogP contribution in [0.15, 0.2) is 12.7 Å². The Hall–Kier alpha value is -1.92. The van der Waals surface area contributed by atoms with Gasteiger partial charge >= 0.3 is 0 Å². The highest BCUT2D eigenvalue weighted by Gasteiger charge is 2.42. The van der Waals surface area contributed by atoms with Gasteiger partial charge in [-0.25, -0.2) is 0 Å². The van der Waals surface area contributed by atoms with Crippen LogP contribution in [-0.4, -0.2) is 62.6 Å². The lowest BCUT2D eigenvalue weighted by molar-refractivity contribution is -0.143. The third-order valence-electron chi connectivity index (χ3n) is 5.79. The molecule has 2 amide bonds. The maximum atomic E-state index is 12.7. The fraction of sp³-hybridized carbons (Fsp3) is 0.789. The van der Waals surface area contributed by atoms with Gasteiger partial charge in [0.2, 0.25) is 11.8 Å². The number of hydrogen-bond donors (Lipinski definition) is 0. The van der Waals surface area contributed by atoms with Crippen LogP contribution in [0.5, 0.6) is 0 Å². The first-order valence-electron chi connectivity index (χ1n) is 9.85. The summed E-state index contributed by atoms with van der Waals surface area (Å²) in [6.07, 6.45) is 8.50. The first-order valence-corrected chi connectivity index (χ1v) is 9.85. The van der Waals surface area contributed by atoms with Crippen LogP contribution in [0.3, 0.4) is 0 Å². The molecule has 26 heavy (non-hydrogen) atoms. The predicted octanol–water partition coefficient (Wildman–Crippen LogP) is 1.95. The second-order valence-corrected chi connectivity index (χ2v) is 8.37. The molecule has 0 radical (unpaired) electrons. The minimum Gasteiger partial charge on any atom is -0.342 e. The Balaban J connectivity index is 1.57. The Morgan fingerprint density at radius 3 is 2.69 bits per heavy atom. The Bertz CT molecular complexity index is 615. The zero-order valence-electron chi connectivity index (χ0n) is 16.1. The molecule has 1 spiro atoms. The minimum atomic E-state index is 0.0926. The van der Waals surface area contributed by atoms with Gasteiger partial charge in [-0.1, -0.05) is 13.8 Å². The van der Waals surface area contributed by atoms with Crippen LogP contribution >= 0.6 is 0 Å². The minimum absolute atomic E-state index is 0.0926. The van der Waals surface area contributed by atoms with Gasteiger partial charge in [-0.05, 0) is 31.6 Å². The summed E-state index contributed by atoms with van der Waals surface area (Å²) in [7, 11) is 0. The Kier molecular flexibility index (Phi) is 5.94. The molecule has 2 saturated heterocycles. The maximum Gasteiger partial charge on any atom is 0.224 e. The van der Waals surface area contributed by atoms with Crippen LogP contribution in [0.4, 0.5) is 0 Å². The molecule has 0 unspecified atom stereocenters. The van der Waals surface area contributed by atoms with E-state index >= 15 is 0 Å². The molecule has 0 aliphatic carbocycles. The van der Waals surface area contributed by atoms with Gasteiger partial charge in [-0.2, -0.15) is 0 Å². The molecule has 7 heteroatoms. The monoisotopic (exact) mass is 361 g/mol. The van der Waals surface area contributed by atoms with Crippen LogP contribution in [0.1, 0.15) is 52.4 Å². The van der Waals surface area contributed by atoms with Crippen molar-refractivity contribution in [3.05, 3.63) is 12.7 Å². The van der Waals surface area contributed by atoms with Gasteiger partial charge in [0.05, 0.1) is 0 Å². The summed E-state index contributed by atoms with van der Waals surface area (Å²) in [5, 5.41) is 7.55. The second-order valence-electron chi connectivity index (χ2n) is 8.37. The topological polar surface area (TPSA) is 71.3 Å².